The second kappa shape index (κ2) is 7.45. The number of para-hydroxylation sites is 1. The van der Waals surface area contributed by atoms with E-state index in [4.69, 9.17) is 5.73 Å². The minimum Gasteiger partial charge on any atom is -0.508 e. The van der Waals surface area contributed by atoms with E-state index in [2.05, 4.69) is 18.4 Å². The zero-order valence-electron chi connectivity index (χ0n) is 15.9. The number of fused-ring (bicyclic) bond motifs is 1. The number of aromatic hydroxyl groups is 1. The van der Waals surface area contributed by atoms with E-state index >= 15 is 0 Å². The molecular formula is C22H26N2O3. The molecule has 0 radical (unpaired) electrons. The van der Waals surface area contributed by atoms with Gasteiger partial charge < -0.3 is 20.5 Å². The lowest BCUT2D eigenvalue weighted by atomic mass is 9.99. The smallest absolute Gasteiger partial charge is 0.320 e. The number of phenolic OH excluding ortho intramolecular Hbond substituents is 1. The average Bonchev–Trinajstić information content (AvgIpc) is 2.88. The highest BCUT2D eigenvalue weighted by Gasteiger charge is 2.20. The minimum absolute atomic E-state index is 0.233. The van der Waals surface area contributed by atoms with Crippen LogP contribution in [0.4, 0.5) is 0 Å². The second-order valence-corrected chi connectivity index (χ2v) is 7.36. The molecule has 0 aliphatic carbocycles. The maximum absolute atomic E-state index is 11.2. The lowest BCUT2D eigenvalue weighted by Crippen LogP contribution is -2.32. The van der Waals surface area contributed by atoms with Gasteiger partial charge in [-0.15, -0.1) is 0 Å². The Kier molecular flexibility index (Phi) is 5.24. The summed E-state index contributed by atoms with van der Waals surface area (Å²) in [7, 11) is 0. The summed E-state index contributed by atoms with van der Waals surface area (Å²) in [4.78, 5) is 11.2. The highest BCUT2D eigenvalue weighted by atomic mass is 16.4. The topological polar surface area (TPSA) is 88.5 Å². The molecule has 27 heavy (non-hydrogen) atoms. The van der Waals surface area contributed by atoms with Gasteiger partial charge >= 0.3 is 5.97 Å². The first kappa shape index (κ1) is 19.0. The quantitative estimate of drug-likeness (QED) is 0.619. The van der Waals surface area contributed by atoms with E-state index in [0.29, 0.717) is 18.7 Å². The van der Waals surface area contributed by atoms with Crippen molar-refractivity contribution in [3.05, 3.63) is 64.8 Å². The average molecular weight is 366 g/mol. The molecule has 142 valence electrons. The van der Waals surface area contributed by atoms with E-state index in [1.54, 1.807) is 6.07 Å². The molecule has 0 aliphatic rings. The molecule has 0 amide bonds. The Hall–Kier alpha value is -2.79. The van der Waals surface area contributed by atoms with E-state index in [1.165, 1.54) is 0 Å². The zero-order valence-corrected chi connectivity index (χ0v) is 15.9. The summed E-state index contributed by atoms with van der Waals surface area (Å²) >= 11 is 0. The van der Waals surface area contributed by atoms with Gasteiger partial charge in [-0.3, -0.25) is 4.79 Å². The fraction of sp³-hybridized carbons (Fsp3) is 0.318. The van der Waals surface area contributed by atoms with E-state index in [9.17, 15) is 15.0 Å². The van der Waals surface area contributed by atoms with Gasteiger partial charge in [0.2, 0.25) is 0 Å². The van der Waals surface area contributed by atoms with Crippen LogP contribution in [0.25, 0.3) is 10.9 Å². The predicted octanol–water partition coefficient (Wildman–Crippen LogP) is 3.78. The van der Waals surface area contributed by atoms with Gasteiger partial charge in [-0.05, 0) is 41.7 Å². The summed E-state index contributed by atoms with van der Waals surface area (Å²) in [5.41, 5.74) is 10.9. The third-order valence-electron chi connectivity index (χ3n) is 5.16. The number of aromatic nitrogens is 1. The molecule has 0 fully saturated rings. The van der Waals surface area contributed by atoms with Crippen LogP contribution in [0.5, 0.6) is 5.75 Å². The minimum atomic E-state index is -0.994. The summed E-state index contributed by atoms with van der Waals surface area (Å²) < 4.78 is 2.19. The summed E-state index contributed by atoms with van der Waals surface area (Å²) in [6.45, 7) is 6.77. The molecule has 0 spiro atoms. The molecule has 5 nitrogen and oxygen atoms in total. The fourth-order valence-electron chi connectivity index (χ4n) is 3.62. The van der Waals surface area contributed by atoms with Gasteiger partial charge in [0.15, 0.2) is 0 Å². The van der Waals surface area contributed by atoms with Crippen molar-refractivity contribution in [2.45, 2.75) is 45.7 Å². The Labute approximate surface area is 159 Å². The lowest BCUT2D eigenvalue weighted by Gasteiger charge is -2.13. The number of carboxylic acid groups (broad SMARTS) is 1. The number of rotatable bonds is 6. The van der Waals surface area contributed by atoms with Crippen LogP contribution in [-0.2, 0) is 17.8 Å². The van der Waals surface area contributed by atoms with Crippen LogP contribution in [0.3, 0.4) is 0 Å². The Morgan fingerprint density at radius 3 is 2.56 bits per heavy atom. The molecule has 3 rings (SSSR count). The molecule has 4 N–H and O–H groups in total. The molecule has 1 heterocycles. The number of hydrogen-bond donors (Lipinski definition) is 3. The van der Waals surface area contributed by atoms with Crippen LogP contribution in [0, 0.1) is 6.92 Å². The molecule has 3 aromatic rings. The summed E-state index contributed by atoms with van der Waals surface area (Å²) in [5, 5.41) is 20.3. The largest absolute Gasteiger partial charge is 0.508 e. The SMILES string of the molecule is Cc1c(CC(N)C(=O)O)c2ccccc2n1Cc1ccc(O)c(C(C)C)c1. The van der Waals surface area contributed by atoms with E-state index < -0.39 is 12.0 Å². The fourth-order valence-corrected chi connectivity index (χ4v) is 3.62. The molecule has 0 bridgehead atoms. The second-order valence-electron chi connectivity index (χ2n) is 7.36. The molecule has 0 aliphatic heterocycles. The molecule has 0 saturated carbocycles. The van der Waals surface area contributed by atoms with Crippen molar-refractivity contribution in [3.63, 3.8) is 0 Å². The lowest BCUT2D eigenvalue weighted by molar-refractivity contribution is -0.138. The van der Waals surface area contributed by atoms with E-state index in [0.717, 1.165) is 33.3 Å². The molecular weight excluding hydrogens is 340 g/mol. The Balaban J connectivity index is 2.06. The Bertz CT molecular complexity index is 989. The summed E-state index contributed by atoms with van der Waals surface area (Å²) in [6.07, 6.45) is 0.293. The maximum Gasteiger partial charge on any atom is 0.320 e. The van der Waals surface area contributed by atoms with Crippen molar-refractivity contribution in [3.8, 4) is 5.75 Å². The normalized spacial score (nSPS) is 12.6. The highest BCUT2D eigenvalue weighted by Crippen LogP contribution is 2.30. The number of phenols is 1. The van der Waals surface area contributed by atoms with Gasteiger partial charge in [-0.1, -0.05) is 44.2 Å². The van der Waals surface area contributed by atoms with Gasteiger partial charge in [0.25, 0.3) is 0 Å². The van der Waals surface area contributed by atoms with Gasteiger partial charge in [-0.2, -0.15) is 0 Å². The van der Waals surface area contributed by atoms with Crippen LogP contribution in [0.15, 0.2) is 42.5 Å². The number of hydrogen-bond acceptors (Lipinski definition) is 3. The number of carbonyl (C=O) groups is 1. The van der Waals surface area contributed by atoms with Crippen LogP contribution in [-0.4, -0.2) is 26.8 Å². The maximum atomic E-state index is 11.2. The van der Waals surface area contributed by atoms with Crippen molar-refractivity contribution >= 4 is 16.9 Å². The van der Waals surface area contributed by atoms with Gasteiger partial charge in [0.05, 0.1) is 0 Å². The van der Waals surface area contributed by atoms with Gasteiger partial charge in [0.1, 0.15) is 11.8 Å². The summed E-state index contributed by atoms with van der Waals surface area (Å²) in [6, 6.07) is 12.8. The third-order valence-corrected chi connectivity index (χ3v) is 5.16. The van der Waals surface area contributed by atoms with Crippen LogP contribution >= 0.6 is 0 Å². The number of benzene rings is 2. The first-order chi connectivity index (χ1) is 12.8. The number of nitrogens with zero attached hydrogens (tertiary/aromatic N) is 1. The molecule has 5 heteroatoms. The number of aliphatic carboxylic acids is 1. The van der Waals surface area contributed by atoms with Crippen LogP contribution < -0.4 is 5.73 Å². The van der Waals surface area contributed by atoms with Crippen molar-refractivity contribution in [2.75, 3.05) is 0 Å². The summed E-state index contributed by atoms with van der Waals surface area (Å²) in [5.74, 6) is -0.445. The van der Waals surface area contributed by atoms with Crippen molar-refractivity contribution in [1.29, 1.82) is 0 Å². The predicted molar refractivity (Wildman–Crippen MR) is 107 cm³/mol. The van der Waals surface area contributed by atoms with Crippen molar-refractivity contribution in [1.82, 2.24) is 4.57 Å². The molecule has 1 unspecified atom stereocenters. The van der Waals surface area contributed by atoms with Crippen LogP contribution in [0.2, 0.25) is 0 Å². The third kappa shape index (κ3) is 3.69. The standard InChI is InChI=1S/C22H26N2O3/c1-13(2)17-10-15(8-9-21(17)25)12-24-14(3)18(11-19(23)22(26)27)16-6-4-5-7-20(16)24/h4-10,13,19,25H,11-12,23H2,1-3H3,(H,26,27). The van der Waals surface area contributed by atoms with E-state index in [-0.39, 0.29) is 5.92 Å². The van der Waals surface area contributed by atoms with Gasteiger partial charge in [0, 0.05) is 29.6 Å². The molecule has 2 aromatic carbocycles. The van der Waals surface area contributed by atoms with Crippen molar-refractivity contribution < 1.29 is 15.0 Å². The van der Waals surface area contributed by atoms with Crippen molar-refractivity contribution in [2.24, 2.45) is 5.73 Å². The molecule has 1 atom stereocenters. The van der Waals surface area contributed by atoms with Crippen LogP contribution in [0.1, 0.15) is 42.1 Å². The van der Waals surface area contributed by atoms with Gasteiger partial charge in [-0.25, -0.2) is 0 Å². The number of carboxylic acids is 1. The Morgan fingerprint density at radius 1 is 1.19 bits per heavy atom. The Morgan fingerprint density at radius 2 is 1.89 bits per heavy atom. The molecule has 0 saturated heterocycles. The van der Waals surface area contributed by atoms with E-state index in [1.807, 2.05) is 43.3 Å². The highest BCUT2D eigenvalue weighted by molar-refractivity contribution is 5.86. The monoisotopic (exact) mass is 366 g/mol. The first-order valence-corrected chi connectivity index (χ1v) is 9.16. The number of nitrogens with two attached hydrogens (primary N) is 1. The first-order valence-electron chi connectivity index (χ1n) is 9.16. The molecule has 1 aromatic heterocycles. The zero-order chi connectivity index (χ0) is 19.7.